The van der Waals surface area contributed by atoms with Crippen molar-refractivity contribution in [3.63, 3.8) is 0 Å². The molecule has 1 aliphatic rings. The molecule has 5 nitrogen and oxygen atoms in total. The summed E-state index contributed by atoms with van der Waals surface area (Å²) in [5.41, 5.74) is 0.331. The number of hydrogen-bond acceptors (Lipinski definition) is 4. The van der Waals surface area contributed by atoms with Gasteiger partial charge in [-0.2, -0.15) is 0 Å². The Balaban J connectivity index is 1.91. The number of hydrogen-bond donors (Lipinski definition) is 1. The zero-order valence-corrected chi connectivity index (χ0v) is 13.5. The molecule has 0 atom stereocenters. The summed E-state index contributed by atoms with van der Waals surface area (Å²) in [4.78, 5) is 18.4. The molecule has 0 spiro atoms. The van der Waals surface area contributed by atoms with Crippen molar-refractivity contribution in [3.05, 3.63) is 42.0 Å². The second-order valence-electron chi connectivity index (χ2n) is 6.58. The molecule has 2 aromatic rings. The Hall–Kier alpha value is -2.56. The molecule has 3 rings (SSSR count). The Morgan fingerprint density at radius 1 is 1.17 bits per heavy atom. The van der Waals surface area contributed by atoms with Gasteiger partial charge >= 0.3 is 6.09 Å². The minimum atomic E-state index is -0.536. The Bertz CT molecular complexity index is 790. The largest absolute Gasteiger partial charge is 0.508 e. The first-order valence-electron chi connectivity index (χ1n) is 7.62. The highest BCUT2D eigenvalue weighted by Crippen LogP contribution is 2.23. The van der Waals surface area contributed by atoms with Gasteiger partial charge in [-0.05, 0) is 49.7 Å². The molecule has 2 aromatic carbocycles. The van der Waals surface area contributed by atoms with Crippen LogP contribution in [0.3, 0.4) is 0 Å². The minimum Gasteiger partial charge on any atom is -0.508 e. The Labute approximate surface area is 135 Å². The van der Waals surface area contributed by atoms with Gasteiger partial charge in [0.25, 0.3) is 0 Å². The summed E-state index contributed by atoms with van der Waals surface area (Å²) in [6.45, 7) is 6.64. The van der Waals surface area contributed by atoms with Crippen LogP contribution in [0.5, 0.6) is 5.75 Å². The van der Waals surface area contributed by atoms with Gasteiger partial charge in [0.15, 0.2) is 0 Å². The van der Waals surface area contributed by atoms with E-state index in [2.05, 4.69) is 4.99 Å². The van der Waals surface area contributed by atoms with Gasteiger partial charge in [0.2, 0.25) is 0 Å². The molecule has 1 aliphatic heterocycles. The number of amides is 1. The number of amidine groups is 1. The number of aromatic hydroxyl groups is 1. The molecule has 0 aromatic heterocycles. The van der Waals surface area contributed by atoms with E-state index < -0.39 is 5.60 Å². The number of carbonyl (C=O) groups is 1. The maximum Gasteiger partial charge on any atom is 0.416 e. The molecule has 1 amide bonds. The molecular formula is C18H20N2O3. The van der Waals surface area contributed by atoms with Crippen molar-refractivity contribution in [1.29, 1.82) is 0 Å². The third-order valence-electron chi connectivity index (χ3n) is 3.54. The predicted octanol–water partition coefficient (Wildman–Crippen LogP) is 3.54. The molecule has 0 radical (unpaired) electrons. The van der Waals surface area contributed by atoms with E-state index in [1.54, 1.807) is 17.0 Å². The molecule has 0 fully saturated rings. The average molecular weight is 312 g/mol. The van der Waals surface area contributed by atoms with E-state index in [1.807, 2.05) is 45.0 Å². The number of phenols is 1. The molecule has 0 saturated carbocycles. The number of ether oxygens (including phenoxy) is 1. The van der Waals surface area contributed by atoms with E-state index in [0.717, 1.165) is 16.3 Å². The summed E-state index contributed by atoms with van der Waals surface area (Å²) in [5, 5.41) is 11.5. The van der Waals surface area contributed by atoms with Gasteiger partial charge in [0.1, 0.15) is 17.2 Å². The van der Waals surface area contributed by atoms with Crippen LogP contribution in [0.25, 0.3) is 10.8 Å². The monoisotopic (exact) mass is 312 g/mol. The van der Waals surface area contributed by atoms with Gasteiger partial charge in [-0.3, -0.25) is 9.89 Å². The average Bonchev–Trinajstić information content (AvgIpc) is 2.94. The molecule has 0 bridgehead atoms. The van der Waals surface area contributed by atoms with E-state index in [4.69, 9.17) is 4.74 Å². The van der Waals surface area contributed by atoms with Gasteiger partial charge in [0, 0.05) is 5.56 Å². The molecule has 5 heteroatoms. The zero-order valence-electron chi connectivity index (χ0n) is 13.5. The summed E-state index contributed by atoms with van der Waals surface area (Å²) in [7, 11) is 0. The summed E-state index contributed by atoms with van der Waals surface area (Å²) in [5.74, 6) is 0.869. The molecule has 0 unspecified atom stereocenters. The highest BCUT2D eigenvalue weighted by molar-refractivity contribution is 6.09. The zero-order chi connectivity index (χ0) is 16.6. The van der Waals surface area contributed by atoms with Gasteiger partial charge in [-0.1, -0.05) is 18.2 Å². The van der Waals surface area contributed by atoms with Crippen molar-refractivity contribution in [2.75, 3.05) is 13.1 Å². The van der Waals surface area contributed by atoms with Crippen LogP contribution < -0.4 is 0 Å². The lowest BCUT2D eigenvalue weighted by atomic mass is 10.1. The van der Waals surface area contributed by atoms with Crippen molar-refractivity contribution in [1.82, 2.24) is 4.90 Å². The number of fused-ring (bicyclic) bond motifs is 1. The number of benzene rings is 2. The third kappa shape index (κ3) is 3.28. The summed E-state index contributed by atoms with van der Waals surface area (Å²) in [6.07, 6.45) is -0.375. The number of aliphatic imine (C=N–C) groups is 1. The van der Waals surface area contributed by atoms with E-state index >= 15 is 0 Å². The van der Waals surface area contributed by atoms with E-state index in [9.17, 15) is 9.90 Å². The van der Waals surface area contributed by atoms with Crippen molar-refractivity contribution < 1.29 is 14.6 Å². The number of rotatable bonds is 1. The van der Waals surface area contributed by atoms with Gasteiger partial charge in [0.05, 0.1) is 13.1 Å². The first-order chi connectivity index (χ1) is 10.8. The second-order valence-corrected chi connectivity index (χ2v) is 6.58. The van der Waals surface area contributed by atoms with Gasteiger partial charge in [-0.25, -0.2) is 4.79 Å². The SMILES string of the molecule is CC(C)(C)OC(=O)N1CCN=C1c1ccc2cc(O)ccc2c1. The first-order valence-corrected chi connectivity index (χ1v) is 7.62. The van der Waals surface area contributed by atoms with Crippen LogP contribution in [0.1, 0.15) is 26.3 Å². The lowest BCUT2D eigenvalue weighted by Gasteiger charge is -2.25. The lowest BCUT2D eigenvalue weighted by molar-refractivity contribution is 0.0385. The van der Waals surface area contributed by atoms with Crippen LogP contribution in [0.4, 0.5) is 4.79 Å². The molecule has 1 heterocycles. The highest BCUT2D eigenvalue weighted by Gasteiger charge is 2.29. The van der Waals surface area contributed by atoms with Crippen LogP contribution in [0.15, 0.2) is 41.4 Å². The topological polar surface area (TPSA) is 62.1 Å². The second kappa shape index (κ2) is 5.57. The number of carbonyl (C=O) groups excluding carboxylic acids is 1. The van der Waals surface area contributed by atoms with Crippen molar-refractivity contribution in [3.8, 4) is 5.75 Å². The summed E-state index contributed by atoms with van der Waals surface area (Å²) < 4.78 is 5.45. The quantitative estimate of drug-likeness (QED) is 0.876. The minimum absolute atomic E-state index is 0.235. The molecule has 23 heavy (non-hydrogen) atoms. The third-order valence-corrected chi connectivity index (χ3v) is 3.54. The van der Waals surface area contributed by atoms with E-state index in [1.165, 1.54) is 0 Å². The fourth-order valence-corrected chi connectivity index (χ4v) is 2.56. The molecule has 0 saturated heterocycles. The van der Waals surface area contributed by atoms with E-state index in [0.29, 0.717) is 18.9 Å². The van der Waals surface area contributed by atoms with E-state index in [-0.39, 0.29) is 11.8 Å². The van der Waals surface area contributed by atoms with Crippen LogP contribution >= 0.6 is 0 Å². The maximum atomic E-state index is 12.3. The van der Waals surface area contributed by atoms with Crippen LogP contribution in [-0.2, 0) is 4.74 Å². The van der Waals surface area contributed by atoms with Gasteiger partial charge < -0.3 is 9.84 Å². The summed E-state index contributed by atoms with van der Waals surface area (Å²) in [6, 6.07) is 11.0. The van der Waals surface area contributed by atoms with Crippen molar-refractivity contribution >= 4 is 22.7 Å². The molecule has 120 valence electrons. The smallest absolute Gasteiger partial charge is 0.416 e. The first kappa shape index (κ1) is 15.3. The fourth-order valence-electron chi connectivity index (χ4n) is 2.56. The Kier molecular flexibility index (Phi) is 3.72. The van der Waals surface area contributed by atoms with Crippen LogP contribution in [0, 0.1) is 0 Å². The summed E-state index contributed by atoms with van der Waals surface area (Å²) >= 11 is 0. The predicted molar refractivity (Wildman–Crippen MR) is 90.0 cm³/mol. The molecular weight excluding hydrogens is 292 g/mol. The normalized spacial score (nSPS) is 14.9. The molecule has 1 N–H and O–H groups in total. The Morgan fingerprint density at radius 2 is 1.87 bits per heavy atom. The highest BCUT2D eigenvalue weighted by atomic mass is 16.6. The van der Waals surface area contributed by atoms with Crippen LogP contribution in [-0.4, -0.2) is 40.6 Å². The standard InChI is InChI=1S/C18H20N2O3/c1-18(2,3)23-17(22)20-9-8-19-16(20)14-5-4-13-11-15(21)7-6-12(13)10-14/h4-7,10-11,21H,8-9H2,1-3H3. The number of nitrogens with zero attached hydrogens (tertiary/aromatic N) is 2. The molecule has 0 aliphatic carbocycles. The fraction of sp³-hybridized carbons (Fsp3) is 0.333. The maximum absolute atomic E-state index is 12.3. The van der Waals surface area contributed by atoms with Crippen molar-refractivity contribution in [2.24, 2.45) is 4.99 Å². The van der Waals surface area contributed by atoms with Crippen LogP contribution in [0.2, 0.25) is 0 Å². The Morgan fingerprint density at radius 3 is 2.61 bits per heavy atom. The van der Waals surface area contributed by atoms with Gasteiger partial charge in [-0.15, -0.1) is 0 Å². The lowest BCUT2D eigenvalue weighted by Crippen LogP contribution is -2.39. The van der Waals surface area contributed by atoms with Crippen molar-refractivity contribution in [2.45, 2.75) is 26.4 Å². The number of phenolic OH excluding ortho intramolecular Hbond substituents is 1.